The van der Waals surface area contributed by atoms with Crippen LogP contribution in [0.15, 0.2) is 18.2 Å². The van der Waals surface area contributed by atoms with E-state index in [1.165, 1.54) is 0 Å². The Morgan fingerprint density at radius 3 is 2.39 bits per heavy atom. The van der Waals surface area contributed by atoms with Crippen LogP contribution >= 0.6 is 0 Å². The van der Waals surface area contributed by atoms with Crippen molar-refractivity contribution in [3.05, 3.63) is 23.8 Å². The van der Waals surface area contributed by atoms with Crippen molar-refractivity contribution in [2.45, 2.75) is 24.3 Å². The Labute approximate surface area is 101 Å². The van der Waals surface area contributed by atoms with E-state index in [1.807, 2.05) is 4.72 Å². The fourth-order valence-electron chi connectivity index (χ4n) is 1.41. The average Bonchev–Trinajstić information content (AvgIpc) is 3.02. The molecule has 0 aliphatic heterocycles. The number of anilines is 1. The SMILES string of the molecule is O=S(=O)(Nc1cc(C(F)(F)F)ccc1O)C1CC1. The summed E-state index contributed by atoms with van der Waals surface area (Å²) in [6, 6.07) is 2.08. The summed E-state index contributed by atoms with van der Waals surface area (Å²) in [5.74, 6) is -0.535. The highest BCUT2D eigenvalue weighted by atomic mass is 32.2. The Bertz CT molecular complexity index is 564. The highest BCUT2D eigenvalue weighted by Crippen LogP contribution is 2.36. The minimum absolute atomic E-state index is 0.447. The molecule has 2 rings (SSSR count). The molecular formula is C10H10F3NO3S. The van der Waals surface area contributed by atoms with E-state index in [4.69, 9.17) is 0 Å². The zero-order valence-corrected chi connectivity index (χ0v) is 9.85. The molecule has 1 saturated carbocycles. The van der Waals surface area contributed by atoms with Crippen LogP contribution in [-0.4, -0.2) is 18.8 Å². The van der Waals surface area contributed by atoms with Gasteiger partial charge in [0.05, 0.1) is 16.5 Å². The van der Waals surface area contributed by atoms with E-state index in [2.05, 4.69) is 0 Å². The van der Waals surface area contributed by atoms with E-state index >= 15 is 0 Å². The highest BCUT2D eigenvalue weighted by molar-refractivity contribution is 7.93. The Balaban J connectivity index is 2.32. The predicted molar refractivity (Wildman–Crippen MR) is 58.7 cm³/mol. The van der Waals surface area contributed by atoms with Crippen molar-refractivity contribution in [2.75, 3.05) is 4.72 Å². The quantitative estimate of drug-likeness (QED) is 0.835. The van der Waals surface area contributed by atoms with E-state index in [1.54, 1.807) is 0 Å². The van der Waals surface area contributed by atoms with E-state index in [0.29, 0.717) is 25.0 Å². The number of nitrogens with one attached hydrogen (secondary N) is 1. The van der Waals surface area contributed by atoms with Crippen LogP contribution < -0.4 is 4.72 Å². The fourth-order valence-corrected chi connectivity index (χ4v) is 2.80. The molecule has 18 heavy (non-hydrogen) atoms. The lowest BCUT2D eigenvalue weighted by molar-refractivity contribution is -0.137. The smallest absolute Gasteiger partial charge is 0.416 e. The van der Waals surface area contributed by atoms with Crippen molar-refractivity contribution in [3.8, 4) is 5.75 Å². The third-order valence-corrected chi connectivity index (χ3v) is 4.39. The molecule has 0 radical (unpaired) electrons. The van der Waals surface area contributed by atoms with Gasteiger partial charge < -0.3 is 5.11 Å². The van der Waals surface area contributed by atoms with Gasteiger partial charge in [0.1, 0.15) is 5.75 Å². The molecule has 0 aromatic heterocycles. The molecule has 0 atom stereocenters. The van der Waals surface area contributed by atoms with Crippen molar-refractivity contribution in [1.29, 1.82) is 0 Å². The van der Waals surface area contributed by atoms with Gasteiger partial charge in [-0.2, -0.15) is 13.2 Å². The first-order valence-corrected chi connectivity index (χ1v) is 6.66. The first-order chi connectivity index (χ1) is 8.20. The van der Waals surface area contributed by atoms with Gasteiger partial charge in [0.25, 0.3) is 0 Å². The van der Waals surface area contributed by atoms with E-state index in [-0.39, 0.29) is 0 Å². The summed E-state index contributed by atoms with van der Waals surface area (Å²) in [4.78, 5) is 0. The Kier molecular flexibility index (Phi) is 2.92. The zero-order chi connectivity index (χ0) is 13.6. The first-order valence-electron chi connectivity index (χ1n) is 5.12. The summed E-state index contributed by atoms with van der Waals surface area (Å²) in [5, 5.41) is 8.79. The third-order valence-electron chi connectivity index (χ3n) is 2.54. The Hall–Kier alpha value is -1.44. The molecule has 1 aliphatic carbocycles. The fraction of sp³-hybridized carbons (Fsp3) is 0.400. The maximum atomic E-state index is 12.4. The lowest BCUT2D eigenvalue weighted by Gasteiger charge is -2.12. The molecule has 0 amide bonds. The van der Waals surface area contributed by atoms with Gasteiger partial charge in [0, 0.05) is 0 Å². The van der Waals surface area contributed by atoms with Crippen molar-refractivity contribution in [3.63, 3.8) is 0 Å². The van der Waals surface area contributed by atoms with Gasteiger partial charge >= 0.3 is 6.18 Å². The molecule has 0 spiro atoms. The lowest BCUT2D eigenvalue weighted by atomic mass is 10.2. The average molecular weight is 281 g/mol. The number of alkyl halides is 3. The molecule has 8 heteroatoms. The van der Waals surface area contributed by atoms with Gasteiger partial charge in [-0.25, -0.2) is 8.42 Å². The van der Waals surface area contributed by atoms with Crippen LogP contribution in [-0.2, 0) is 16.2 Å². The molecule has 0 unspecified atom stereocenters. The van der Waals surface area contributed by atoms with Crippen LogP contribution in [0.25, 0.3) is 0 Å². The second-order valence-corrected chi connectivity index (χ2v) is 6.04. The van der Waals surface area contributed by atoms with Gasteiger partial charge in [-0.1, -0.05) is 0 Å². The summed E-state index contributed by atoms with van der Waals surface area (Å²) >= 11 is 0. The van der Waals surface area contributed by atoms with Crippen molar-refractivity contribution in [2.24, 2.45) is 0 Å². The van der Waals surface area contributed by atoms with Crippen molar-refractivity contribution >= 4 is 15.7 Å². The molecule has 0 heterocycles. The summed E-state index contributed by atoms with van der Waals surface area (Å²) < 4.78 is 62.5. The second-order valence-electron chi connectivity index (χ2n) is 4.08. The predicted octanol–water partition coefficient (Wildman–Crippen LogP) is 2.32. The number of phenols is 1. The summed E-state index contributed by atoms with van der Waals surface area (Å²) in [5.41, 5.74) is -1.47. The first kappa shape index (κ1) is 13.0. The number of hydrogen-bond donors (Lipinski definition) is 2. The van der Waals surface area contributed by atoms with Crippen LogP contribution in [0.2, 0.25) is 0 Å². The molecule has 1 aromatic carbocycles. The second kappa shape index (κ2) is 4.04. The van der Waals surface area contributed by atoms with Crippen LogP contribution in [0.5, 0.6) is 5.75 Å². The van der Waals surface area contributed by atoms with E-state index < -0.39 is 38.4 Å². The molecule has 4 nitrogen and oxygen atoms in total. The van der Waals surface area contributed by atoms with E-state index in [0.717, 1.165) is 6.07 Å². The van der Waals surface area contributed by atoms with Crippen molar-refractivity contribution < 1.29 is 26.7 Å². The Morgan fingerprint density at radius 1 is 1.28 bits per heavy atom. The molecule has 2 N–H and O–H groups in total. The number of aromatic hydroxyl groups is 1. The molecule has 1 fully saturated rings. The monoisotopic (exact) mass is 281 g/mol. The minimum atomic E-state index is -4.59. The maximum Gasteiger partial charge on any atom is 0.416 e. The van der Waals surface area contributed by atoms with Crippen LogP contribution in [0.1, 0.15) is 18.4 Å². The number of benzene rings is 1. The summed E-state index contributed by atoms with van der Waals surface area (Å²) in [6.45, 7) is 0. The number of halogens is 3. The maximum absolute atomic E-state index is 12.4. The van der Waals surface area contributed by atoms with Crippen molar-refractivity contribution in [1.82, 2.24) is 0 Å². The van der Waals surface area contributed by atoms with Gasteiger partial charge in [-0.3, -0.25) is 4.72 Å². The molecular weight excluding hydrogens is 271 g/mol. The van der Waals surface area contributed by atoms with Gasteiger partial charge in [0.15, 0.2) is 0 Å². The standard InChI is InChI=1S/C10H10F3NO3S/c11-10(12,13)6-1-4-9(15)8(5-6)14-18(16,17)7-2-3-7/h1,4-5,7,14-15H,2-3H2. The minimum Gasteiger partial charge on any atom is -0.506 e. The molecule has 100 valence electrons. The number of rotatable bonds is 3. The largest absolute Gasteiger partial charge is 0.506 e. The Morgan fingerprint density at radius 2 is 1.89 bits per heavy atom. The van der Waals surface area contributed by atoms with Crippen LogP contribution in [0.4, 0.5) is 18.9 Å². The number of sulfonamides is 1. The van der Waals surface area contributed by atoms with Gasteiger partial charge in [-0.05, 0) is 31.0 Å². The highest BCUT2D eigenvalue weighted by Gasteiger charge is 2.37. The zero-order valence-electron chi connectivity index (χ0n) is 9.03. The third kappa shape index (κ3) is 2.69. The van der Waals surface area contributed by atoms with Crippen LogP contribution in [0.3, 0.4) is 0 Å². The van der Waals surface area contributed by atoms with E-state index in [9.17, 15) is 26.7 Å². The topological polar surface area (TPSA) is 66.4 Å². The number of phenolic OH excluding ortho intramolecular Hbond substituents is 1. The summed E-state index contributed by atoms with van der Waals surface area (Å²) in [6.07, 6.45) is -3.63. The van der Waals surface area contributed by atoms with Gasteiger partial charge in [0.2, 0.25) is 10.0 Å². The molecule has 1 aliphatic rings. The normalized spacial score (nSPS) is 16.6. The van der Waals surface area contributed by atoms with Gasteiger partial charge in [-0.15, -0.1) is 0 Å². The molecule has 0 saturated heterocycles. The van der Waals surface area contributed by atoms with Crippen LogP contribution in [0, 0.1) is 0 Å². The summed E-state index contributed by atoms with van der Waals surface area (Å²) in [7, 11) is -3.70. The lowest BCUT2D eigenvalue weighted by Crippen LogP contribution is -2.18. The molecule has 0 bridgehead atoms. The number of hydrogen-bond acceptors (Lipinski definition) is 3. The molecule has 1 aromatic rings.